The zero-order chi connectivity index (χ0) is 24.1. The lowest BCUT2D eigenvalue weighted by Crippen LogP contribution is -2.40. The first-order valence-electron chi connectivity index (χ1n) is 10.3. The Morgan fingerprint density at radius 1 is 1.09 bits per heavy atom. The molecule has 13 heteroatoms. The predicted molar refractivity (Wildman–Crippen MR) is 109 cm³/mol. The molecular weight excluding hydrogens is 463 g/mol. The van der Waals surface area contributed by atoms with Crippen LogP contribution in [0.4, 0.5) is 22.0 Å². The van der Waals surface area contributed by atoms with Gasteiger partial charge in [-0.15, -0.1) is 0 Å². The largest absolute Gasteiger partial charge is 0.393 e. The summed E-state index contributed by atoms with van der Waals surface area (Å²) in [5.74, 6) is -2.38. The molecule has 1 unspecified atom stereocenters. The van der Waals surface area contributed by atoms with E-state index in [1.807, 2.05) is 0 Å². The normalized spacial score (nSPS) is 16.1. The van der Waals surface area contributed by atoms with Gasteiger partial charge in [-0.2, -0.15) is 5.10 Å². The Bertz CT molecular complexity index is 1400. The van der Waals surface area contributed by atoms with Crippen LogP contribution >= 0.6 is 0 Å². The Morgan fingerprint density at radius 3 is 2.53 bits per heavy atom. The lowest BCUT2D eigenvalue weighted by Gasteiger charge is -2.29. The minimum atomic E-state index is -3.43. The van der Waals surface area contributed by atoms with Crippen LogP contribution in [0, 0.1) is 11.6 Å². The molecule has 0 aliphatic carbocycles. The van der Waals surface area contributed by atoms with Crippen LogP contribution in [-0.2, 0) is 0 Å². The van der Waals surface area contributed by atoms with E-state index in [2.05, 4.69) is 15.1 Å². The molecule has 0 spiro atoms. The number of amides is 1. The lowest BCUT2D eigenvalue weighted by molar-refractivity contribution is 0.00356. The molecular formula is C21H17F5N6O2. The second kappa shape index (κ2) is 8.31. The van der Waals surface area contributed by atoms with Gasteiger partial charge in [0.15, 0.2) is 11.5 Å². The van der Waals surface area contributed by atoms with Crippen LogP contribution in [0.1, 0.15) is 29.6 Å². The number of rotatable bonds is 4. The van der Waals surface area contributed by atoms with Gasteiger partial charge in [0.25, 0.3) is 18.6 Å². The fourth-order valence-corrected chi connectivity index (χ4v) is 4.05. The Morgan fingerprint density at radius 2 is 1.82 bits per heavy atom. The molecule has 8 nitrogen and oxygen atoms in total. The standard InChI is InChI=1S/C21H17F5N6O2/c22-10-5-13(23)20-28-8-16(31(20)9-10)17-12-7-27-14(21(34)30-3-1-11(33)2-4-30)6-15(12)32(29-17)19(26)18(24)25/h5-9,11,18-19,33H,1-4H2. The van der Waals surface area contributed by atoms with Gasteiger partial charge in [-0.1, -0.05) is 0 Å². The van der Waals surface area contributed by atoms with Crippen LogP contribution in [0.5, 0.6) is 0 Å². The molecule has 0 bridgehead atoms. The summed E-state index contributed by atoms with van der Waals surface area (Å²) in [7, 11) is 0. The first-order valence-corrected chi connectivity index (χ1v) is 10.3. The van der Waals surface area contributed by atoms with Crippen LogP contribution < -0.4 is 0 Å². The second-order valence-corrected chi connectivity index (χ2v) is 7.95. The van der Waals surface area contributed by atoms with Crippen molar-refractivity contribution in [3.8, 4) is 11.4 Å². The van der Waals surface area contributed by atoms with Crippen LogP contribution in [0.25, 0.3) is 27.9 Å². The monoisotopic (exact) mass is 480 g/mol. The highest BCUT2D eigenvalue weighted by atomic mass is 19.3. The number of aliphatic hydroxyl groups excluding tert-OH is 1. The number of pyridine rings is 2. The van der Waals surface area contributed by atoms with Crippen molar-refractivity contribution in [3.63, 3.8) is 0 Å². The average Bonchev–Trinajstić information content (AvgIpc) is 3.39. The van der Waals surface area contributed by atoms with Crippen molar-refractivity contribution in [2.75, 3.05) is 13.1 Å². The Labute approximate surface area is 188 Å². The van der Waals surface area contributed by atoms with E-state index < -0.39 is 36.4 Å². The van der Waals surface area contributed by atoms with E-state index in [0.29, 0.717) is 23.6 Å². The highest BCUT2D eigenvalue weighted by molar-refractivity contribution is 5.99. The molecule has 1 amide bonds. The van der Waals surface area contributed by atoms with Crippen LogP contribution in [0.15, 0.2) is 30.7 Å². The molecule has 5 heterocycles. The number of aliphatic hydroxyl groups is 1. The topological polar surface area (TPSA) is 88.6 Å². The third-order valence-electron chi connectivity index (χ3n) is 5.77. The van der Waals surface area contributed by atoms with E-state index in [1.54, 1.807) is 0 Å². The third kappa shape index (κ3) is 3.65. The molecule has 1 atom stereocenters. The summed E-state index contributed by atoms with van der Waals surface area (Å²) in [6, 6.07) is 1.79. The van der Waals surface area contributed by atoms with Crippen molar-refractivity contribution in [3.05, 3.63) is 48.1 Å². The second-order valence-electron chi connectivity index (χ2n) is 7.95. The van der Waals surface area contributed by atoms with Crippen LogP contribution in [0.2, 0.25) is 0 Å². The molecule has 1 aliphatic heterocycles. The fourth-order valence-electron chi connectivity index (χ4n) is 4.05. The Kier molecular flexibility index (Phi) is 5.42. The molecule has 0 radical (unpaired) electrons. The number of imidazole rings is 1. The number of hydrogen-bond acceptors (Lipinski definition) is 5. The van der Waals surface area contributed by atoms with Gasteiger partial charge in [0.2, 0.25) is 0 Å². The molecule has 4 aromatic rings. The summed E-state index contributed by atoms with van der Waals surface area (Å²) < 4.78 is 70.4. The summed E-state index contributed by atoms with van der Waals surface area (Å²) in [6.07, 6.45) is -2.76. The van der Waals surface area contributed by atoms with Crippen molar-refractivity contribution >= 4 is 22.5 Å². The van der Waals surface area contributed by atoms with E-state index in [9.17, 15) is 31.9 Å². The summed E-state index contributed by atoms with van der Waals surface area (Å²) in [6.45, 7) is 0.567. The molecule has 0 saturated carbocycles. The molecule has 178 valence electrons. The van der Waals surface area contributed by atoms with Gasteiger partial charge in [0.05, 0.1) is 23.5 Å². The number of carbonyl (C=O) groups is 1. The van der Waals surface area contributed by atoms with E-state index in [0.717, 1.165) is 22.9 Å². The van der Waals surface area contributed by atoms with Gasteiger partial charge in [-0.3, -0.25) is 14.2 Å². The molecule has 0 aromatic carbocycles. The number of alkyl halides is 3. The van der Waals surface area contributed by atoms with Crippen molar-refractivity contribution in [1.82, 2.24) is 29.0 Å². The smallest absolute Gasteiger partial charge is 0.289 e. The summed E-state index contributed by atoms with van der Waals surface area (Å²) >= 11 is 0. The van der Waals surface area contributed by atoms with E-state index in [1.165, 1.54) is 11.1 Å². The molecule has 34 heavy (non-hydrogen) atoms. The predicted octanol–water partition coefficient (Wildman–Crippen LogP) is 3.35. The van der Waals surface area contributed by atoms with Gasteiger partial charge >= 0.3 is 0 Å². The van der Waals surface area contributed by atoms with Crippen molar-refractivity contribution in [2.24, 2.45) is 0 Å². The molecule has 4 aromatic heterocycles. The molecule has 5 rings (SSSR count). The van der Waals surface area contributed by atoms with E-state index in [4.69, 9.17) is 0 Å². The first kappa shape index (κ1) is 22.2. The van der Waals surface area contributed by atoms with Crippen molar-refractivity contribution in [2.45, 2.75) is 31.7 Å². The highest BCUT2D eigenvalue weighted by Gasteiger charge is 2.29. The molecule has 1 aliphatic rings. The average molecular weight is 480 g/mol. The zero-order valence-corrected chi connectivity index (χ0v) is 17.4. The molecule has 1 fully saturated rings. The van der Waals surface area contributed by atoms with E-state index in [-0.39, 0.29) is 46.7 Å². The van der Waals surface area contributed by atoms with E-state index >= 15 is 0 Å². The van der Waals surface area contributed by atoms with Crippen LogP contribution in [0.3, 0.4) is 0 Å². The van der Waals surface area contributed by atoms with Crippen molar-refractivity contribution in [1.29, 1.82) is 0 Å². The number of halogens is 5. The maximum atomic E-state index is 14.5. The number of likely N-dealkylation sites (tertiary alicyclic amines) is 1. The minimum Gasteiger partial charge on any atom is -0.393 e. The summed E-state index contributed by atoms with van der Waals surface area (Å²) in [5.41, 5.74) is -0.581. The zero-order valence-electron chi connectivity index (χ0n) is 17.4. The number of hydrogen-bond donors (Lipinski definition) is 1. The van der Waals surface area contributed by atoms with Gasteiger partial charge in [0, 0.05) is 36.9 Å². The van der Waals surface area contributed by atoms with Gasteiger partial charge < -0.3 is 10.0 Å². The minimum absolute atomic E-state index is 0.0181. The van der Waals surface area contributed by atoms with Crippen LogP contribution in [-0.4, -0.2) is 65.7 Å². The van der Waals surface area contributed by atoms with Gasteiger partial charge in [-0.05, 0) is 18.9 Å². The maximum absolute atomic E-state index is 14.5. The molecule has 1 N–H and O–H groups in total. The number of carbonyl (C=O) groups excluding carboxylic acids is 1. The fraction of sp³-hybridized carbons (Fsp3) is 0.333. The summed E-state index contributed by atoms with van der Waals surface area (Å²) in [5, 5.41) is 13.7. The van der Waals surface area contributed by atoms with Crippen molar-refractivity contribution < 1.29 is 31.9 Å². The summed E-state index contributed by atoms with van der Waals surface area (Å²) in [4.78, 5) is 22.3. The Hall–Kier alpha value is -3.61. The first-order chi connectivity index (χ1) is 16.2. The van der Waals surface area contributed by atoms with Gasteiger partial charge in [0.1, 0.15) is 17.2 Å². The quantitative estimate of drug-likeness (QED) is 0.453. The number of nitrogens with zero attached hydrogens (tertiary/aromatic N) is 6. The lowest BCUT2D eigenvalue weighted by atomic mass is 10.1. The number of piperidine rings is 1. The maximum Gasteiger partial charge on any atom is 0.289 e. The highest BCUT2D eigenvalue weighted by Crippen LogP contribution is 2.33. The van der Waals surface area contributed by atoms with Gasteiger partial charge in [-0.25, -0.2) is 31.6 Å². The molecule has 1 saturated heterocycles. The number of aromatic nitrogens is 5. The number of fused-ring (bicyclic) bond motifs is 2. The third-order valence-corrected chi connectivity index (χ3v) is 5.77. The SMILES string of the molecule is O=C(c1cc2c(cn1)c(-c1cnc3c(F)cc(F)cn13)nn2C(F)C(F)F)N1CCC(O)CC1. The Balaban J connectivity index is 1.65.